The summed E-state index contributed by atoms with van der Waals surface area (Å²) in [5.74, 6) is -0.351. The van der Waals surface area contributed by atoms with Gasteiger partial charge < -0.3 is 24.4 Å². The Bertz CT molecular complexity index is 687. The smallest absolute Gasteiger partial charge is 0.416 e. The molecule has 9 nitrogen and oxygen atoms in total. The number of carbonyl (C=O) groups is 3. The predicted octanol–water partition coefficient (Wildman–Crippen LogP) is 7.46. The molecule has 0 spiro atoms. The fourth-order valence-electron chi connectivity index (χ4n) is 5.31. The van der Waals surface area contributed by atoms with Crippen LogP contribution in [0.5, 0.6) is 0 Å². The van der Waals surface area contributed by atoms with E-state index in [2.05, 4.69) is 17.1 Å². The van der Waals surface area contributed by atoms with Gasteiger partial charge in [0.05, 0.1) is 0 Å². The van der Waals surface area contributed by atoms with Crippen molar-refractivity contribution >= 4 is 18.1 Å². The van der Waals surface area contributed by atoms with Crippen LogP contribution in [0, 0.1) is 0 Å². The van der Waals surface area contributed by atoms with E-state index < -0.39 is 18.3 Å². The summed E-state index contributed by atoms with van der Waals surface area (Å²) in [4.78, 5) is 39.9. The van der Waals surface area contributed by atoms with Gasteiger partial charge in [-0.15, -0.1) is 0 Å². The highest BCUT2D eigenvalue weighted by atomic mass is 16.6. The largest absolute Gasteiger partial charge is 0.447 e. The van der Waals surface area contributed by atoms with E-state index >= 15 is 0 Å². The van der Waals surface area contributed by atoms with Crippen LogP contribution in [-0.2, 0) is 19.0 Å². The number of methoxy groups -OCH3 is 1. The van der Waals surface area contributed by atoms with Crippen molar-refractivity contribution in [3.05, 3.63) is 0 Å². The third-order valence-corrected chi connectivity index (χ3v) is 8.12. The number of ether oxygens (including phenoxy) is 3. The zero-order valence-corrected chi connectivity index (χ0v) is 27.3. The Kier molecular flexibility index (Phi) is 24.3. The lowest BCUT2D eigenvalue weighted by molar-refractivity contribution is -0.127. The van der Waals surface area contributed by atoms with Gasteiger partial charge in [0, 0.05) is 33.7 Å². The van der Waals surface area contributed by atoms with Crippen molar-refractivity contribution in [2.45, 2.75) is 142 Å². The van der Waals surface area contributed by atoms with E-state index in [1.165, 1.54) is 110 Å². The lowest BCUT2D eigenvalue weighted by atomic mass is 10.0. The molecule has 42 heavy (non-hydrogen) atoms. The molecule has 0 bridgehead atoms. The van der Waals surface area contributed by atoms with Gasteiger partial charge in [-0.1, -0.05) is 110 Å². The fourth-order valence-corrected chi connectivity index (χ4v) is 5.31. The molecule has 1 N–H and O–H groups in total. The summed E-state index contributed by atoms with van der Waals surface area (Å²) < 4.78 is 15.8. The molecular weight excluding hydrogens is 534 g/mol. The third-order valence-electron chi connectivity index (χ3n) is 8.12. The van der Waals surface area contributed by atoms with Crippen molar-refractivity contribution in [2.24, 2.45) is 0 Å². The third kappa shape index (κ3) is 20.9. The van der Waals surface area contributed by atoms with E-state index in [4.69, 9.17) is 14.2 Å². The van der Waals surface area contributed by atoms with Gasteiger partial charge >= 0.3 is 12.2 Å². The number of alkyl carbamates (subject to hydrolysis) is 1. The second kappa shape index (κ2) is 26.7. The van der Waals surface area contributed by atoms with Crippen LogP contribution < -0.4 is 5.32 Å². The number of nitrogens with one attached hydrogen (secondary N) is 1. The summed E-state index contributed by atoms with van der Waals surface area (Å²) in [5, 5.41) is 2.78. The van der Waals surface area contributed by atoms with Crippen LogP contribution in [0.2, 0.25) is 0 Å². The van der Waals surface area contributed by atoms with Crippen LogP contribution in [0.4, 0.5) is 9.59 Å². The summed E-state index contributed by atoms with van der Waals surface area (Å²) >= 11 is 0. The Morgan fingerprint density at radius 1 is 0.738 bits per heavy atom. The molecule has 0 aromatic rings. The average Bonchev–Trinajstić information content (AvgIpc) is 2.99. The minimum Gasteiger partial charge on any atom is -0.447 e. The molecule has 1 atom stereocenters. The first-order valence-corrected chi connectivity index (χ1v) is 17.1. The Morgan fingerprint density at radius 3 is 1.74 bits per heavy atom. The zero-order chi connectivity index (χ0) is 30.7. The average molecular weight is 598 g/mol. The molecule has 3 amide bonds. The molecule has 0 aromatic carbocycles. The highest BCUT2D eigenvalue weighted by molar-refractivity contribution is 5.90. The first-order chi connectivity index (χ1) is 20.5. The molecule has 1 saturated heterocycles. The van der Waals surface area contributed by atoms with Crippen LogP contribution in [-0.4, -0.2) is 87.0 Å². The molecule has 1 fully saturated rings. The predicted molar refractivity (Wildman–Crippen MR) is 169 cm³/mol. The normalized spacial score (nSPS) is 14.4. The number of hydrogen-bond donors (Lipinski definition) is 1. The summed E-state index contributed by atoms with van der Waals surface area (Å²) in [7, 11) is 1.47. The molecule has 1 rings (SSSR count). The maximum Gasteiger partial charge on any atom is 0.416 e. The second-order valence-corrected chi connectivity index (χ2v) is 11.8. The molecule has 0 saturated carbocycles. The maximum atomic E-state index is 12.5. The number of nitrogens with zero attached hydrogens (tertiary/aromatic N) is 2. The van der Waals surface area contributed by atoms with E-state index in [1.54, 1.807) is 0 Å². The van der Waals surface area contributed by atoms with Crippen LogP contribution in [0.3, 0.4) is 0 Å². The molecule has 246 valence electrons. The lowest BCUT2D eigenvalue weighted by Crippen LogP contribution is -2.43. The van der Waals surface area contributed by atoms with Gasteiger partial charge in [0.2, 0.25) is 5.91 Å². The van der Waals surface area contributed by atoms with E-state index in [-0.39, 0.29) is 19.1 Å². The molecule has 0 radical (unpaired) electrons. The van der Waals surface area contributed by atoms with Crippen molar-refractivity contribution in [1.82, 2.24) is 15.1 Å². The minimum absolute atomic E-state index is 0.0393. The fraction of sp³-hybridized carbons (Fsp3) is 0.909. The molecule has 0 aliphatic carbocycles. The number of imide groups is 1. The Balaban J connectivity index is 2.00. The Labute approximate surface area is 256 Å². The van der Waals surface area contributed by atoms with E-state index in [0.29, 0.717) is 19.6 Å². The van der Waals surface area contributed by atoms with Gasteiger partial charge in [0.15, 0.2) is 0 Å². The van der Waals surface area contributed by atoms with Gasteiger partial charge in [-0.3, -0.25) is 4.79 Å². The van der Waals surface area contributed by atoms with Crippen molar-refractivity contribution < 1.29 is 28.6 Å². The summed E-state index contributed by atoms with van der Waals surface area (Å²) in [6.45, 7) is 6.99. The molecule has 1 aliphatic rings. The molecular formula is C33H63N3O6. The maximum absolute atomic E-state index is 12.5. The lowest BCUT2D eigenvalue weighted by Gasteiger charge is -2.28. The van der Waals surface area contributed by atoms with Crippen molar-refractivity contribution in [3.63, 3.8) is 0 Å². The standard InChI is InChI=1S/C33H63N3O6/c1-4-5-6-7-8-9-10-11-12-13-14-15-16-17-18-20-23-34-32(38)41-28-31(40-3)29-42-33(39)36(30(2)37)27-26-35-24-21-19-22-25-35/h31H,4-29H2,1-3H3,(H,34,38). The first-order valence-electron chi connectivity index (χ1n) is 17.1. The van der Waals surface area contributed by atoms with Gasteiger partial charge in [0.1, 0.15) is 19.3 Å². The summed E-state index contributed by atoms with van der Waals surface area (Å²) in [6.07, 6.45) is 22.7. The van der Waals surface area contributed by atoms with Gasteiger partial charge in [-0.05, 0) is 32.4 Å². The number of piperidine rings is 1. The highest BCUT2D eigenvalue weighted by Crippen LogP contribution is 2.14. The topological polar surface area (TPSA) is 97.4 Å². The molecule has 9 heteroatoms. The number of hydrogen-bond acceptors (Lipinski definition) is 7. The number of rotatable bonds is 25. The van der Waals surface area contributed by atoms with E-state index in [0.717, 1.165) is 43.7 Å². The van der Waals surface area contributed by atoms with E-state index in [9.17, 15) is 14.4 Å². The minimum atomic E-state index is -0.700. The number of likely N-dealkylation sites (tertiary alicyclic amines) is 1. The molecule has 1 heterocycles. The Morgan fingerprint density at radius 2 is 1.24 bits per heavy atom. The molecule has 1 unspecified atom stereocenters. The highest BCUT2D eigenvalue weighted by Gasteiger charge is 2.23. The second-order valence-electron chi connectivity index (χ2n) is 11.8. The first kappa shape index (κ1) is 38.2. The van der Waals surface area contributed by atoms with Crippen molar-refractivity contribution in [3.8, 4) is 0 Å². The van der Waals surface area contributed by atoms with Gasteiger partial charge in [-0.2, -0.15) is 0 Å². The summed E-state index contributed by atoms with van der Waals surface area (Å²) in [5.41, 5.74) is 0. The van der Waals surface area contributed by atoms with Crippen LogP contribution >= 0.6 is 0 Å². The number of carbonyl (C=O) groups excluding carboxylic acids is 3. The zero-order valence-electron chi connectivity index (χ0n) is 27.3. The van der Waals surface area contributed by atoms with Crippen LogP contribution in [0.15, 0.2) is 0 Å². The van der Waals surface area contributed by atoms with E-state index in [1.807, 2.05) is 0 Å². The quantitative estimate of drug-likeness (QED) is 0.109. The SMILES string of the molecule is CCCCCCCCCCCCCCCCCCNC(=O)OCC(COC(=O)N(CCN1CCCCC1)C(C)=O)OC. The van der Waals surface area contributed by atoms with Gasteiger partial charge in [-0.25, -0.2) is 14.5 Å². The van der Waals surface area contributed by atoms with Crippen molar-refractivity contribution in [2.75, 3.05) is 53.0 Å². The van der Waals surface area contributed by atoms with Crippen LogP contribution in [0.25, 0.3) is 0 Å². The molecule has 0 aromatic heterocycles. The molecule has 1 aliphatic heterocycles. The number of amides is 3. The number of unbranched alkanes of at least 4 members (excludes halogenated alkanes) is 15. The van der Waals surface area contributed by atoms with Crippen molar-refractivity contribution in [1.29, 1.82) is 0 Å². The summed E-state index contributed by atoms with van der Waals surface area (Å²) in [6, 6.07) is 0. The van der Waals surface area contributed by atoms with Crippen LogP contribution in [0.1, 0.15) is 136 Å². The Hall–Kier alpha value is -1.87. The van der Waals surface area contributed by atoms with Gasteiger partial charge in [0.25, 0.3) is 0 Å². The monoisotopic (exact) mass is 597 g/mol.